The smallest absolute Gasteiger partial charge is 0.416 e. The first-order chi connectivity index (χ1) is 12.8. The molecule has 1 N–H and O–H groups in total. The van der Waals surface area contributed by atoms with Crippen molar-refractivity contribution in [2.24, 2.45) is 0 Å². The summed E-state index contributed by atoms with van der Waals surface area (Å²) in [6.45, 7) is -1.51. The molecule has 7 nitrogen and oxygen atoms in total. The monoisotopic (exact) mass is 551 g/mol. The van der Waals surface area contributed by atoms with Crippen molar-refractivity contribution in [2.45, 2.75) is 16.0 Å². The lowest BCUT2D eigenvalue weighted by Crippen LogP contribution is -3.09. The predicted octanol–water partition coefficient (Wildman–Crippen LogP) is 1.79. The van der Waals surface area contributed by atoms with Crippen molar-refractivity contribution in [3.8, 4) is 0 Å². The van der Waals surface area contributed by atoms with Crippen LogP contribution >= 0.6 is 22.6 Å². The van der Waals surface area contributed by atoms with E-state index in [1.54, 1.807) is 0 Å². The molecule has 0 aromatic heterocycles. The lowest BCUT2D eigenvalue weighted by atomic mass is 10.2. The van der Waals surface area contributed by atoms with E-state index >= 15 is 0 Å². The molecule has 0 heterocycles. The third-order valence-electron chi connectivity index (χ3n) is 3.44. The minimum atomic E-state index is -4.65. The lowest BCUT2D eigenvalue weighted by molar-refractivity contribution is -0.708. The molecule has 0 aliphatic heterocycles. The fourth-order valence-electron chi connectivity index (χ4n) is 1.99. The van der Waals surface area contributed by atoms with E-state index in [0.29, 0.717) is 24.3 Å². The van der Waals surface area contributed by atoms with Crippen LogP contribution in [0, 0.1) is 8.78 Å². The van der Waals surface area contributed by atoms with Gasteiger partial charge in [0.25, 0.3) is 10.1 Å². The number of sulfonamides is 1. The van der Waals surface area contributed by atoms with Crippen LogP contribution in [0.1, 0.15) is 5.56 Å². The number of halogens is 4. The molecule has 2 aromatic carbocycles. The molecule has 0 amide bonds. The minimum absolute atomic E-state index is 0.161. The number of rotatable bonds is 7. The van der Waals surface area contributed by atoms with Gasteiger partial charge in [-0.1, -0.05) is 0 Å². The summed E-state index contributed by atoms with van der Waals surface area (Å²) in [5, 5.41) is 11.9. The van der Waals surface area contributed by atoms with Crippen LogP contribution in [-0.4, -0.2) is 30.0 Å². The van der Waals surface area contributed by atoms with Gasteiger partial charge in [-0.05, 0) is 71.1 Å². The van der Waals surface area contributed by atoms with Crippen molar-refractivity contribution >= 4 is 42.7 Å². The summed E-state index contributed by atoms with van der Waals surface area (Å²) in [5.41, 5.74) is -1.06. The van der Waals surface area contributed by atoms with Crippen molar-refractivity contribution in [2.75, 3.05) is 13.2 Å². The van der Waals surface area contributed by atoms with E-state index in [1.807, 2.05) is 22.6 Å². The normalized spacial score (nSPS) is 14.0. The van der Waals surface area contributed by atoms with Crippen LogP contribution in [0.25, 0.3) is 0 Å². The average Bonchev–Trinajstić information content (AvgIpc) is 2.61. The van der Waals surface area contributed by atoms with Crippen molar-refractivity contribution < 1.29 is 38.7 Å². The molecule has 2 rings (SSSR count). The number of hydrogen-bond donors (Lipinski definition) is 1. The zero-order valence-corrected chi connectivity index (χ0v) is 17.6. The van der Waals surface area contributed by atoms with E-state index in [4.69, 9.17) is 0 Å². The number of nitrogens with one attached hydrogen (secondary N) is 1. The Balaban J connectivity index is 2.03. The lowest BCUT2D eigenvalue weighted by Gasteiger charge is -2.21. The molecule has 1 atom stereocenters. The summed E-state index contributed by atoms with van der Waals surface area (Å²) in [5.74, 6) is 0. The second-order valence-corrected chi connectivity index (χ2v) is 10.2. The Hall–Kier alpha value is -1.26. The third-order valence-corrected chi connectivity index (χ3v) is 7.18. The molecule has 0 aliphatic rings. The van der Waals surface area contributed by atoms with Crippen LogP contribution in [0.15, 0.2) is 58.3 Å². The van der Waals surface area contributed by atoms with E-state index in [2.05, 4.69) is 4.18 Å². The van der Waals surface area contributed by atoms with Crippen LogP contribution in [0.4, 0.5) is 13.2 Å². The minimum Gasteiger partial charge on any atom is -0.618 e. The predicted molar refractivity (Wildman–Crippen MR) is 100 cm³/mol. The molecule has 0 bridgehead atoms. The molecule has 13 heteroatoms. The summed E-state index contributed by atoms with van der Waals surface area (Å²) in [6.07, 6.45) is -4.65. The molecule has 1 unspecified atom stereocenters. The average molecular weight is 551 g/mol. The van der Waals surface area contributed by atoms with Gasteiger partial charge in [0, 0.05) is 3.57 Å². The molecule has 0 spiro atoms. The summed E-state index contributed by atoms with van der Waals surface area (Å²) < 4.78 is 89.9. The first kappa shape index (κ1) is 23.0. The highest BCUT2D eigenvalue weighted by Crippen LogP contribution is 2.29. The van der Waals surface area contributed by atoms with Crippen molar-refractivity contribution in [1.29, 1.82) is 0 Å². The number of hydrogen-bond acceptors (Lipinski definition) is 6. The van der Waals surface area contributed by atoms with E-state index in [1.165, 1.54) is 24.3 Å². The second-order valence-electron chi connectivity index (χ2n) is 5.38. The maximum Gasteiger partial charge on any atom is 0.416 e. The summed E-state index contributed by atoms with van der Waals surface area (Å²) >= 11 is 1.97. The number of hydroxylamine groups is 1. The molecular weight excluding hydrogens is 538 g/mol. The third kappa shape index (κ3) is 5.64. The molecule has 2 aromatic rings. The van der Waals surface area contributed by atoms with Gasteiger partial charge in [0.15, 0.2) is 0 Å². The standard InChI is InChI=1S/C15H13F3INO6S2/c16-15(17,18)11-1-5-13(6-2-11)27(22,23)20(21)9-10-26-28(24,25)14-7-3-12(19)4-8-14/h1-8,20H,9-10H2. The Bertz CT molecular complexity index is 1020. The van der Waals surface area contributed by atoms with Crippen LogP contribution < -0.4 is 4.47 Å². The van der Waals surface area contributed by atoms with Crippen molar-refractivity contribution in [1.82, 2.24) is 0 Å². The number of quaternary nitrogens is 1. The Morgan fingerprint density at radius 2 is 1.43 bits per heavy atom. The van der Waals surface area contributed by atoms with Crippen LogP contribution in [0.3, 0.4) is 0 Å². The zero-order chi connectivity index (χ0) is 21.2. The van der Waals surface area contributed by atoms with Crippen LogP contribution in [0.2, 0.25) is 0 Å². The Morgan fingerprint density at radius 3 is 1.93 bits per heavy atom. The molecule has 0 saturated carbocycles. The van der Waals surface area contributed by atoms with Gasteiger partial charge in [-0.3, -0.25) is 8.65 Å². The first-order valence-electron chi connectivity index (χ1n) is 7.44. The fourth-order valence-corrected chi connectivity index (χ4v) is 4.37. The molecule has 0 saturated heterocycles. The topological polar surface area (TPSA) is 105 Å². The molecular formula is C15H13F3INO6S2. The highest BCUT2D eigenvalue weighted by Gasteiger charge is 2.31. The molecule has 154 valence electrons. The second kappa shape index (κ2) is 8.62. The SMILES string of the molecule is O=S(=O)(OCC[NH+]([O-])S(=O)(=O)c1ccc(C(F)(F)F)cc1)c1ccc(I)cc1. The molecule has 28 heavy (non-hydrogen) atoms. The first-order valence-corrected chi connectivity index (χ1v) is 11.4. The van der Waals surface area contributed by atoms with Gasteiger partial charge in [-0.25, -0.2) is 0 Å². The quantitative estimate of drug-likeness (QED) is 0.320. The fraction of sp³-hybridized carbons (Fsp3) is 0.200. The summed E-state index contributed by atoms with van der Waals surface area (Å²) in [4.78, 5) is -0.781. The van der Waals surface area contributed by atoms with Gasteiger partial charge in [0.05, 0.1) is 10.5 Å². The Labute approximate surface area is 173 Å². The van der Waals surface area contributed by atoms with E-state index in [-0.39, 0.29) is 4.90 Å². The van der Waals surface area contributed by atoms with Crippen molar-refractivity contribution in [3.63, 3.8) is 0 Å². The maximum absolute atomic E-state index is 12.5. The van der Waals surface area contributed by atoms with E-state index in [9.17, 15) is 35.2 Å². The van der Waals surface area contributed by atoms with Gasteiger partial charge in [0.1, 0.15) is 18.0 Å². The Morgan fingerprint density at radius 1 is 0.929 bits per heavy atom. The summed E-state index contributed by atoms with van der Waals surface area (Å²) in [6, 6.07) is 8.04. The highest BCUT2D eigenvalue weighted by molar-refractivity contribution is 14.1. The zero-order valence-electron chi connectivity index (χ0n) is 13.8. The molecule has 0 fully saturated rings. The van der Waals surface area contributed by atoms with Gasteiger partial charge in [-0.2, -0.15) is 30.0 Å². The van der Waals surface area contributed by atoms with Gasteiger partial charge < -0.3 is 5.21 Å². The van der Waals surface area contributed by atoms with E-state index < -0.39 is 54.4 Å². The highest BCUT2D eigenvalue weighted by atomic mass is 127. The molecule has 0 radical (unpaired) electrons. The van der Waals surface area contributed by atoms with Crippen LogP contribution in [-0.2, 0) is 30.5 Å². The van der Waals surface area contributed by atoms with Gasteiger partial charge in [-0.15, -0.1) is 0 Å². The molecule has 0 aliphatic carbocycles. The van der Waals surface area contributed by atoms with Gasteiger partial charge >= 0.3 is 16.2 Å². The Kier molecular flexibility index (Phi) is 7.09. The maximum atomic E-state index is 12.5. The summed E-state index contributed by atoms with van der Waals surface area (Å²) in [7, 11) is -8.75. The largest absolute Gasteiger partial charge is 0.618 e. The van der Waals surface area contributed by atoms with E-state index in [0.717, 1.165) is 3.57 Å². The van der Waals surface area contributed by atoms with Crippen LogP contribution in [0.5, 0.6) is 0 Å². The number of benzene rings is 2. The van der Waals surface area contributed by atoms with Crippen molar-refractivity contribution in [3.05, 3.63) is 62.9 Å². The number of alkyl halides is 3. The van der Waals surface area contributed by atoms with Gasteiger partial charge in [0.2, 0.25) is 0 Å².